The highest BCUT2D eigenvalue weighted by Gasteiger charge is 2.13. The second-order valence-corrected chi connectivity index (χ2v) is 6.44. The van der Waals surface area contributed by atoms with Crippen LogP contribution in [0.3, 0.4) is 0 Å². The molecule has 0 aromatic heterocycles. The topological polar surface area (TPSA) is 53.2 Å². The van der Waals surface area contributed by atoms with Crippen molar-refractivity contribution in [3.63, 3.8) is 0 Å². The Kier molecular flexibility index (Phi) is 5.75. The first kappa shape index (κ1) is 15.9. The van der Waals surface area contributed by atoms with Crippen LogP contribution in [0.5, 0.6) is 0 Å². The van der Waals surface area contributed by atoms with E-state index < -0.39 is 0 Å². The molecule has 0 saturated heterocycles. The van der Waals surface area contributed by atoms with Crippen LogP contribution in [0.15, 0.2) is 28.7 Å². The molecule has 0 aliphatic carbocycles. The van der Waals surface area contributed by atoms with Gasteiger partial charge in [0.1, 0.15) is 0 Å². The van der Waals surface area contributed by atoms with E-state index in [0.717, 1.165) is 10.2 Å². The number of benzene rings is 1. The molecule has 1 aromatic carbocycles. The maximum atomic E-state index is 11.6. The summed E-state index contributed by atoms with van der Waals surface area (Å²) >= 11 is 8.50. The Balaban J connectivity index is 2.38. The molecule has 0 fully saturated rings. The van der Waals surface area contributed by atoms with Crippen LogP contribution in [0, 0.1) is 0 Å². The zero-order chi connectivity index (χ0) is 14.5. The van der Waals surface area contributed by atoms with Crippen molar-refractivity contribution in [3.05, 3.63) is 28.7 Å². The van der Waals surface area contributed by atoms with E-state index in [0.29, 0.717) is 5.11 Å². The summed E-state index contributed by atoms with van der Waals surface area (Å²) in [5.41, 5.74) is 0.626. The van der Waals surface area contributed by atoms with Crippen LogP contribution in [-0.2, 0) is 4.79 Å². The molecule has 3 N–H and O–H groups in total. The Morgan fingerprint density at radius 1 is 1.37 bits per heavy atom. The Hall–Kier alpha value is -1.14. The Morgan fingerprint density at radius 3 is 2.63 bits per heavy atom. The molecule has 0 radical (unpaired) electrons. The fraction of sp³-hybridized carbons (Fsp3) is 0.385. The number of carbonyl (C=O) groups excluding carboxylic acids is 1. The van der Waals surface area contributed by atoms with Crippen LogP contribution in [-0.4, -0.2) is 23.1 Å². The van der Waals surface area contributed by atoms with Crippen LogP contribution in [0.4, 0.5) is 5.69 Å². The van der Waals surface area contributed by atoms with Crippen molar-refractivity contribution in [3.8, 4) is 0 Å². The highest BCUT2D eigenvalue weighted by atomic mass is 79.9. The van der Waals surface area contributed by atoms with Gasteiger partial charge in [0.15, 0.2) is 5.11 Å². The molecule has 0 aliphatic heterocycles. The van der Waals surface area contributed by atoms with E-state index in [-0.39, 0.29) is 18.0 Å². The first-order valence-electron chi connectivity index (χ1n) is 5.88. The summed E-state index contributed by atoms with van der Waals surface area (Å²) in [6.07, 6.45) is 0. The average molecular weight is 344 g/mol. The maximum absolute atomic E-state index is 11.6. The molecule has 1 rings (SSSR count). The van der Waals surface area contributed by atoms with Gasteiger partial charge in [0.05, 0.1) is 6.54 Å². The van der Waals surface area contributed by atoms with E-state index in [9.17, 15) is 4.79 Å². The van der Waals surface area contributed by atoms with Crippen LogP contribution < -0.4 is 16.0 Å². The molecule has 4 nitrogen and oxygen atoms in total. The standard InChI is InChI=1S/C13H18BrN3OS/c1-13(2,3)17-11(18)8-15-12(19)16-10-6-4-5-9(14)7-10/h4-7H,8H2,1-3H3,(H,17,18)(H2,15,16,19). The molecule has 1 amide bonds. The van der Waals surface area contributed by atoms with Gasteiger partial charge in [-0.15, -0.1) is 0 Å². The third kappa shape index (κ3) is 7.12. The minimum atomic E-state index is -0.238. The van der Waals surface area contributed by atoms with Gasteiger partial charge in [-0.05, 0) is 51.2 Å². The fourth-order valence-electron chi connectivity index (χ4n) is 1.36. The second-order valence-electron chi connectivity index (χ2n) is 5.12. The number of halogens is 1. The minimum Gasteiger partial charge on any atom is -0.353 e. The predicted octanol–water partition coefficient (Wildman–Crippen LogP) is 2.65. The summed E-state index contributed by atoms with van der Waals surface area (Å²) in [5.74, 6) is -0.0918. The summed E-state index contributed by atoms with van der Waals surface area (Å²) in [4.78, 5) is 11.6. The summed E-state index contributed by atoms with van der Waals surface area (Å²) in [5, 5.41) is 9.15. The number of hydrogen-bond acceptors (Lipinski definition) is 2. The largest absolute Gasteiger partial charge is 0.353 e. The van der Waals surface area contributed by atoms with Gasteiger partial charge in [-0.1, -0.05) is 22.0 Å². The van der Waals surface area contributed by atoms with E-state index in [1.165, 1.54) is 0 Å². The fourth-order valence-corrected chi connectivity index (χ4v) is 1.95. The quantitative estimate of drug-likeness (QED) is 0.738. The lowest BCUT2D eigenvalue weighted by Gasteiger charge is -2.21. The maximum Gasteiger partial charge on any atom is 0.239 e. The first-order chi connectivity index (χ1) is 8.76. The lowest BCUT2D eigenvalue weighted by molar-refractivity contribution is -0.121. The number of carbonyl (C=O) groups is 1. The molecule has 1 aromatic rings. The molecule has 0 aliphatic rings. The molecule has 19 heavy (non-hydrogen) atoms. The second kappa shape index (κ2) is 6.86. The molecule has 0 spiro atoms. The smallest absolute Gasteiger partial charge is 0.239 e. The number of thiocarbonyl (C=S) groups is 1. The lowest BCUT2D eigenvalue weighted by Crippen LogP contribution is -2.46. The van der Waals surface area contributed by atoms with Crippen molar-refractivity contribution >= 4 is 44.9 Å². The van der Waals surface area contributed by atoms with E-state index in [4.69, 9.17) is 12.2 Å². The van der Waals surface area contributed by atoms with Crippen molar-refractivity contribution in [2.24, 2.45) is 0 Å². The Bertz CT molecular complexity index is 471. The van der Waals surface area contributed by atoms with Gasteiger partial charge in [-0.25, -0.2) is 0 Å². The van der Waals surface area contributed by atoms with Crippen molar-refractivity contribution in [2.45, 2.75) is 26.3 Å². The molecular formula is C13H18BrN3OS. The molecule has 0 heterocycles. The van der Waals surface area contributed by atoms with E-state index in [2.05, 4.69) is 31.9 Å². The number of nitrogens with one attached hydrogen (secondary N) is 3. The number of hydrogen-bond donors (Lipinski definition) is 3. The van der Waals surface area contributed by atoms with Crippen molar-refractivity contribution in [1.82, 2.24) is 10.6 Å². The number of rotatable bonds is 3. The van der Waals surface area contributed by atoms with Crippen LogP contribution >= 0.6 is 28.1 Å². The van der Waals surface area contributed by atoms with E-state index in [1.54, 1.807) is 0 Å². The van der Waals surface area contributed by atoms with Gasteiger partial charge in [0.25, 0.3) is 0 Å². The van der Waals surface area contributed by atoms with Gasteiger partial charge in [0, 0.05) is 15.7 Å². The molecule has 0 bridgehead atoms. The van der Waals surface area contributed by atoms with E-state index >= 15 is 0 Å². The number of amides is 1. The molecular weight excluding hydrogens is 326 g/mol. The SMILES string of the molecule is CC(C)(C)NC(=O)CNC(=S)Nc1cccc(Br)c1. The van der Waals surface area contributed by atoms with Crippen molar-refractivity contribution < 1.29 is 4.79 Å². The Morgan fingerprint density at radius 2 is 2.05 bits per heavy atom. The van der Waals surface area contributed by atoms with Gasteiger partial charge in [0.2, 0.25) is 5.91 Å². The van der Waals surface area contributed by atoms with Crippen LogP contribution in [0.25, 0.3) is 0 Å². The Labute approximate surface area is 127 Å². The predicted molar refractivity (Wildman–Crippen MR) is 86.3 cm³/mol. The van der Waals surface area contributed by atoms with Crippen molar-refractivity contribution in [2.75, 3.05) is 11.9 Å². The summed E-state index contributed by atoms with van der Waals surface area (Å²) < 4.78 is 0.964. The first-order valence-corrected chi connectivity index (χ1v) is 7.08. The van der Waals surface area contributed by atoms with Gasteiger partial charge in [-0.3, -0.25) is 4.79 Å². The monoisotopic (exact) mass is 343 g/mol. The molecule has 6 heteroatoms. The highest BCUT2D eigenvalue weighted by molar-refractivity contribution is 9.10. The van der Waals surface area contributed by atoms with Crippen LogP contribution in [0.2, 0.25) is 0 Å². The zero-order valence-electron chi connectivity index (χ0n) is 11.2. The third-order valence-corrected chi connectivity index (χ3v) is 2.75. The van der Waals surface area contributed by atoms with Gasteiger partial charge < -0.3 is 16.0 Å². The zero-order valence-corrected chi connectivity index (χ0v) is 13.6. The van der Waals surface area contributed by atoms with Gasteiger partial charge >= 0.3 is 0 Å². The van der Waals surface area contributed by atoms with Crippen LogP contribution in [0.1, 0.15) is 20.8 Å². The lowest BCUT2D eigenvalue weighted by atomic mass is 10.1. The normalized spacial score (nSPS) is 10.7. The summed E-state index contributed by atoms with van der Waals surface area (Å²) in [7, 11) is 0. The summed E-state index contributed by atoms with van der Waals surface area (Å²) in [6.45, 7) is 5.95. The van der Waals surface area contributed by atoms with Crippen molar-refractivity contribution in [1.29, 1.82) is 0 Å². The molecule has 0 unspecified atom stereocenters. The average Bonchev–Trinajstić information content (AvgIpc) is 2.24. The minimum absolute atomic E-state index is 0.0918. The number of anilines is 1. The highest BCUT2D eigenvalue weighted by Crippen LogP contribution is 2.15. The molecule has 0 saturated carbocycles. The third-order valence-electron chi connectivity index (χ3n) is 2.01. The molecule has 104 valence electrons. The molecule has 0 atom stereocenters. The summed E-state index contributed by atoms with van der Waals surface area (Å²) in [6, 6.07) is 7.64. The van der Waals surface area contributed by atoms with Gasteiger partial charge in [-0.2, -0.15) is 0 Å². The van der Waals surface area contributed by atoms with E-state index in [1.807, 2.05) is 45.0 Å².